The quantitative estimate of drug-likeness (QED) is 0.367. The van der Waals surface area contributed by atoms with E-state index in [0.717, 1.165) is 47.5 Å². The van der Waals surface area contributed by atoms with Crippen molar-refractivity contribution in [1.29, 1.82) is 0 Å². The summed E-state index contributed by atoms with van der Waals surface area (Å²) in [5.74, 6) is -0.0483. The molecule has 0 radical (unpaired) electrons. The van der Waals surface area contributed by atoms with Crippen LogP contribution in [-0.2, 0) is 19.1 Å². The van der Waals surface area contributed by atoms with Gasteiger partial charge in [0.1, 0.15) is 12.7 Å². The molecule has 1 fully saturated rings. The third kappa shape index (κ3) is 5.30. The van der Waals surface area contributed by atoms with Crippen molar-refractivity contribution in [2.75, 3.05) is 6.54 Å². The molecule has 4 aromatic rings. The Balaban J connectivity index is 1.31. The van der Waals surface area contributed by atoms with Crippen molar-refractivity contribution in [2.24, 2.45) is 0 Å². The van der Waals surface area contributed by atoms with Crippen molar-refractivity contribution < 1.29 is 18.0 Å². The number of alkyl halides is 3. The highest BCUT2D eigenvalue weighted by molar-refractivity contribution is 5.94. The van der Waals surface area contributed by atoms with E-state index < -0.39 is 11.7 Å². The van der Waals surface area contributed by atoms with Gasteiger partial charge < -0.3 is 4.90 Å². The molecule has 6 nitrogen and oxygen atoms in total. The van der Waals surface area contributed by atoms with Crippen LogP contribution in [0.25, 0.3) is 0 Å². The van der Waals surface area contributed by atoms with E-state index in [2.05, 4.69) is 10.1 Å². The highest BCUT2D eigenvalue weighted by atomic mass is 19.4. The Labute approximate surface area is 206 Å². The zero-order valence-corrected chi connectivity index (χ0v) is 19.4. The maximum Gasteiger partial charge on any atom is 0.416 e. The standard InChI is InChI=1S/C27H24F3N5O/c28-27(29,30)22-11-9-19(10-12-22)15-23-6-2-7-24(33-23)25-8-3-13-35(25)26(36)21-5-1-4-20(14-21)16-34-18-31-17-32-34/h1-2,4-7,9-12,14,17-18,25H,3,8,13,15-16H2. The fraction of sp³-hybridized carbons (Fsp3) is 0.259. The number of amides is 1. The molecule has 1 unspecified atom stereocenters. The van der Waals surface area contributed by atoms with Crippen LogP contribution in [0.3, 0.4) is 0 Å². The van der Waals surface area contributed by atoms with Gasteiger partial charge in [-0.3, -0.25) is 9.78 Å². The smallest absolute Gasteiger partial charge is 0.330 e. The Morgan fingerprint density at radius 2 is 1.81 bits per heavy atom. The van der Waals surface area contributed by atoms with Gasteiger partial charge in [0.05, 0.1) is 23.8 Å². The summed E-state index contributed by atoms with van der Waals surface area (Å²) in [6.45, 7) is 1.17. The molecular formula is C27H24F3N5O. The topological polar surface area (TPSA) is 63.9 Å². The van der Waals surface area contributed by atoms with Crippen molar-refractivity contribution in [3.63, 3.8) is 0 Å². The van der Waals surface area contributed by atoms with Gasteiger partial charge in [-0.15, -0.1) is 0 Å². The molecule has 1 amide bonds. The second kappa shape index (κ2) is 9.93. The van der Waals surface area contributed by atoms with Crippen LogP contribution in [0.2, 0.25) is 0 Å². The van der Waals surface area contributed by atoms with Gasteiger partial charge in [0.25, 0.3) is 5.91 Å². The Kier molecular flexibility index (Phi) is 6.54. The predicted octanol–water partition coefficient (Wildman–Crippen LogP) is 5.31. The zero-order chi connectivity index (χ0) is 25.1. The highest BCUT2D eigenvalue weighted by Crippen LogP contribution is 2.33. The first-order chi connectivity index (χ1) is 17.4. The van der Waals surface area contributed by atoms with Crippen molar-refractivity contribution in [2.45, 2.75) is 38.0 Å². The summed E-state index contributed by atoms with van der Waals surface area (Å²) in [5, 5.41) is 4.12. The Bertz CT molecular complexity index is 1340. The normalized spacial score (nSPS) is 15.9. The monoisotopic (exact) mass is 491 g/mol. The summed E-state index contributed by atoms with van der Waals surface area (Å²) in [6, 6.07) is 18.2. The molecule has 9 heteroatoms. The van der Waals surface area contributed by atoms with Crippen LogP contribution in [0, 0.1) is 0 Å². The van der Waals surface area contributed by atoms with Crippen molar-refractivity contribution in [1.82, 2.24) is 24.6 Å². The average molecular weight is 492 g/mol. The summed E-state index contributed by atoms with van der Waals surface area (Å²) in [7, 11) is 0. The molecule has 0 spiro atoms. The summed E-state index contributed by atoms with van der Waals surface area (Å²) < 4.78 is 40.3. The van der Waals surface area contributed by atoms with Gasteiger partial charge in [-0.05, 0) is 60.4 Å². The summed E-state index contributed by atoms with van der Waals surface area (Å²) in [6.07, 6.45) is 0.847. The van der Waals surface area contributed by atoms with Crippen molar-refractivity contribution >= 4 is 5.91 Å². The van der Waals surface area contributed by atoms with Crippen molar-refractivity contribution in [3.8, 4) is 0 Å². The van der Waals surface area contributed by atoms with Gasteiger partial charge in [0.15, 0.2) is 0 Å². The van der Waals surface area contributed by atoms with E-state index in [1.165, 1.54) is 18.5 Å². The lowest BCUT2D eigenvalue weighted by atomic mass is 10.0. The summed E-state index contributed by atoms with van der Waals surface area (Å²) >= 11 is 0. The number of likely N-dealkylation sites (tertiary alicyclic amines) is 1. The van der Waals surface area contributed by atoms with Gasteiger partial charge >= 0.3 is 6.18 Å². The molecule has 36 heavy (non-hydrogen) atoms. The maximum absolute atomic E-state index is 13.4. The van der Waals surface area contributed by atoms with E-state index in [1.807, 2.05) is 47.4 Å². The minimum absolute atomic E-state index is 0.0483. The first-order valence-electron chi connectivity index (χ1n) is 11.7. The molecule has 184 valence electrons. The van der Waals surface area contributed by atoms with Gasteiger partial charge in [0, 0.05) is 24.2 Å². The third-order valence-corrected chi connectivity index (χ3v) is 6.33. The minimum atomic E-state index is -4.36. The number of nitrogens with zero attached hydrogens (tertiary/aromatic N) is 5. The Morgan fingerprint density at radius 3 is 2.56 bits per heavy atom. The van der Waals surface area contributed by atoms with Gasteiger partial charge in [-0.25, -0.2) is 9.67 Å². The molecule has 0 bridgehead atoms. The van der Waals surface area contributed by atoms with Crippen LogP contribution >= 0.6 is 0 Å². The molecule has 3 heterocycles. The number of halogens is 3. The number of benzene rings is 2. The molecule has 0 saturated carbocycles. The number of carbonyl (C=O) groups excluding carboxylic acids is 1. The molecule has 1 aliphatic heterocycles. The number of pyridine rings is 1. The minimum Gasteiger partial charge on any atom is -0.330 e. The van der Waals surface area contributed by atoms with Gasteiger partial charge in [-0.2, -0.15) is 18.3 Å². The van der Waals surface area contributed by atoms with Gasteiger partial charge in [0.2, 0.25) is 0 Å². The van der Waals surface area contributed by atoms with Crippen molar-refractivity contribution in [3.05, 3.63) is 113 Å². The molecule has 1 aliphatic rings. The van der Waals surface area contributed by atoms with E-state index in [-0.39, 0.29) is 11.9 Å². The largest absolute Gasteiger partial charge is 0.416 e. The van der Waals surface area contributed by atoms with Crippen LogP contribution in [0.5, 0.6) is 0 Å². The number of carbonyl (C=O) groups is 1. The van der Waals surface area contributed by atoms with Gasteiger partial charge in [-0.1, -0.05) is 30.3 Å². The number of aromatic nitrogens is 4. The number of rotatable bonds is 6. The second-order valence-electron chi connectivity index (χ2n) is 8.88. The molecular weight excluding hydrogens is 467 g/mol. The first-order valence-corrected chi connectivity index (χ1v) is 11.7. The second-order valence-corrected chi connectivity index (χ2v) is 8.88. The van der Waals surface area contributed by atoms with Crippen LogP contribution in [0.4, 0.5) is 13.2 Å². The summed E-state index contributed by atoms with van der Waals surface area (Å²) in [4.78, 5) is 24.0. The van der Waals surface area contributed by atoms with E-state index in [1.54, 1.807) is 11.0 Å². The molecule has 1 saturated heterocycles. The van der Waals surface area contributed by atoms with Crippen LogP contribution in [-0.4, -0.2) is 37.1 Å². The number of hydrogen-bond donors (Lipinski definition) is 0. The molecule has 0 N–H and O–H groups in total. The summed E-state index contributed by atoms with van der Waals surface area (Å²) in [5.41, 5.74) is 3.19. The van der Waals surface area contributed by atoms with E-state index in [9.17, 15) is 18.0 Å². The van der Waals surface area contributed by atoms with Crippen LogP contribution < -0.4 is 0 Å². The van der Waals surface area contributed by atoms with E-state index in [4.69, 9.17) is 4.98 Å². The van der Waals surface area contributed by atoms with E-state index in [0.29, 0.717) is 25.1 Å². The lowest BCUT2D eigenvalue weighted by Gasteiger charge is -2.25. The number of hydrogen-bond acceptors (Lipinski definition) is 4. The third-order valence-electron chi connectivity index (χ3n) is 6.33. The maximum atomic E-state index is 13.4. The molecule has 2 aromatic heterocycles. The van der Waals surface area contributed by atoms with Crippen LogP contribution in [0.1, 0.15) is 57.3 Å². The average Bonchev–Trinajstić information content (AvgIpc) is 3.56. The SMILES string of the molecule is O=C(c1cccc(Cn2cncn2)c1)N1CCCC1c1cccc(Cc2ccc(C(F)(F)F)cc2)n1. The highest BCUT2D eigenvalue weighted by Gasteiger charge is 2.32. The lowest BCUT2D eigenvalue weighted by Crippen LogP contribution is -2.31. The fourth-order valence-electron chi connectivity index (χ4n) is 4.59. The van der Waals surface area contributed by atoms with Crippen LogP contribution in [0.15, 0.2) is 79.4 Å². The Morgan fingerprint density at radius 1 is 1.00 bits per heavy atom. The molecule has 1 atom stereocenters. The lowest BCUT2D eigenvalue weighted by molar-refractivity contribution is -0.137. The Hall–Kier alpha value is -4.01. The molecule has 5 rings (SSSR count). The first kappa shape index (κ1) is 23.7. The molecule has 0 aliphatic carbocycles. The molecule has 2 aromatic carbocycles. The zero-order valence-electron chi connectivity index (χ0n) is 19.4. The fourth-order valence-corrected chi connectivity index (χ4v) is 4.59. The van der Waals surface area contributed by atoms with E-state index >= 15 is 0 Å². The predicted molar refractivity (Wildman–Crippen MR) is 127 cm³/mol.